The Morgan fingerprint density at radius 1 is 0.900 bits per heavy atom. The van der Waals surface area contributed by atoms with Crippen LogP contribution in [0.25, 0.3) is 0 Å². The maximum Gasteiger partial charge on any atom is 0.261 e. The number of rotatable bonds is 5. The van der Waals surface area contributed by atoms with Crippen molar-refractivity contribution in [2.45, 2.75) is 72.6 Å². The van der Waals surface area contributed by atoms with E-state index < -0.39 is 0 Å². The van der Waals surface area contributed by atoms with E-state index in [4.69, 9.17) is 17.0 Å². The molecular weight excluding hydrogens is 390 g/mol. The first-order valence-electron chi connectivity index (χ1n) is 10.5. The van der Waals surface area contributed by atoms with Crippen molar-refractivity contribution in [2.24, 2.45) is 5.41 Å². The summed E-state index contributed by atoms with van der Waals surface area (Å²) in [4.78, 5) is 0. The van der Waals surface area contributed by atoms with E-state index in [2.05, 4.69) is 72.8 Å². The van der Waals surface area contributed by atoms with Crippen molar-refractivity contribution in [1.82, 2.24) is 0 Å². The van der Waals surface area contributed by atoms with E-state index in [1.165, 1.54) is 5.56 Å². The van der Waals surface area contributed by atoms with E-state index in [9.17, 15) is 5.11 Å². The van der Waals surface area contributed by atoms with Crippen molar-refractivity contribution in [2.75, 3.05) is 11.9 Å². The maximum absolute atomic E-state index is 10.9. The summed E-state index contributed by atoms with van der Waals surface area (Å²) in [6.07, 6.45) is 0.827. The lowest BCUT2D eigenvalue weighted by atomic mass is 9.76. The second-order valence-electron chi connectivity index (χ2n) is 10.9. The Labute approximate surface area is 187 Å². The van der Waals surface area contributed by atoms with Gasteiger partial charge in [0.05, 0.1) is 6.61 Å². The molecule has 0 aliphatic heterocycles. The van der Waals surface area contributed by atoms with Gasteiger partial charge in [0.25, 0.3) is 5.17 Å². The number of para-hydroxylation sites is 1. The zero-order chi connectivity index (χ0) is 22.7. The van der Waals surface area contributed by atoms with Crippen molar-refractivity contribution in [3.63, 3.8) is 0 Å². The molecule has 2 aromatic carbocycles. The number of thiocarbonyl (C=S) groups is 1. The minimum atomic E-state index is -0.137. The first-order valence-corrected chi connectivity index (χ1v) is 11.0. The number of hydrogen-bond acceptors (Lipinski definition) is 3. The van der Waals surface area contributed by atoms with Crippen molar-refractivity contribution in [1.29, 1.82) is 0 Å². The van der Waals surface area contributed by atoms with Gasteiger partial charge in [0.1, 0.15) is 5.75 Å². The number of aromatic hydroxyl groups is 1. The molecule has 0 saturated heterocycles. The summed E-state index contributed by atoms with van der Waals surface area (Å²) < 4.78 is 5.87. The van der Waals surface area contributed by atoms with E-state index in [0.717, 1.165) is 23.2 Å². The Bertz CT molecular complexity index is 839. The summed E-state index contributed by atoms with van der Waals surface area (Å²) in [5.74, 6) is 0.418. The normalized spacial score (nSPS) is 12.5. The predicted octanol–water partition coefficient (Wildman–Crippen LogP) is 6.97. The average Bonchev–Trinajstić information content (AvgIpc) is 2.60. The highest BCUT2D eigenvalue weighted by Crippen LogP contribution is 2.40. The summed E-state index contributed by atoms with van der Waals surface area (Å²) in [7, 11) is 0. The Morgan fingerprint density at radius 2 is 1.40 bits per heavy atom. The maximum atomic E-state index is 10.9. The highest BCUT2D eigenvalue weighted by molar-refractivity contribution is 7.80. The summed E-state index contributed by atoms with van der Waals surface area (Å²) >= 11 is 5.36. The van der Waals surface area contributed by atoms with Gasteiger partial charge in [-0.25, -0.2) is 0 Å². The van der Waals surface area contributed by atoms with Crippen molar-refractivity contribution in [3.8, 4) is 5.75 Å². The van der Waals surface area contributed by atoms with Gasteiger partial charge in [-0.15, -0.1) is 0 Å². The fraction of sp³-hybridized carbons (Fsp3) is 0.500. The van der Waals surface area contributed by atoms with Crippen LogP contribution in [0.2, 0.25) is 0 Å². The minimum Gasteiger partial charge on any atom is -0.507 e. The lowest BCUT2D eigenvalue weighted by Gasteiger charge is -2.30. The standard InChI is InChI=1S/C26H37NO2S/c1-24(2,3)20-14-18(15-21(22(20)28)25(4,5)6)16-26(7,8)17-29-23(30)27-19-12-10-9-11-13-19/h9-15,28H,16-17H2,1-8H3,(H,27,30). The van der Waals surface area contributed by atoms with Crippen molar-refractivity contribution < 1.29 is 9.84 Å². The molecule has 0 unspecified atom stereocenters. The molecule has 2 aromatic rings. The van der Waals surface area contributed by atoms with Gasteiger partial charge in [0.15, 0.2) is 0 Å². The molecule has 0 atom stereocenters. The van der Waals surface area contributed by atoms with Gasteiger partial charge < -0.3 is 15.2 Å². The van der Waals surface area contributed by atoms with Crippen LogP contribution in [0.15, 0.2) is 42.5 Å². The Kier molecular flexibility index (Phi) is 7.24. The van der Waals surface area contributed by atoms with E-state index in [1.807, 2.05) is 30.3 Å². The minimum absolute atomic E-state index is 0.121. The molecule has 164 valence electrons. The quantitative estimate of drug-likeness (QED) is 0.506. The zero-order valence-corrected chi connectivity index (χ0v) is 20.5. The molecule has 0 amide bonds. The van der Waals surface area contributed by atoms with Crippen LogP contribution >= 0.6 is 12.2 Å². The molecule has 0 heterocycles. The van der Waals surface area contributed by atoms with E-state index in [-0.39, 0.29) is 16.2 Å². The highest BCUT2D eigenvalue weighted by Gasteiger charge is 2.28. The molecule has 3 nitrogen and oxygen atoms in total. The third-order valence-corrected chi connectivity index (χ3v) is 5.30. The van der Waals surface area contributed by atoms with E-state index in [1.54, 1.807) is 0 Å². The van der Waals surface area contributed by atoms with Crippen LogP contribution in [0.5, 0.6) is 5.75 Å². The number of hydrogen-bond donors (Lipinski definition) is 2. The van der Waals surface area contributed by atoms with E-state index >= 15 is 0 Å². The predicted molar refractivity (Wildman–Crippen MR) is 132 cm³/mol. The summed E-state index contributed by atoms with van der Waals surface area (Å²) in [6, 6.07) is 14.1. The van der Waals surface area contributed by atoms with Crippen LogP contribution < -0.4 is 5.32 Å². The van der Waals surface area contributed by atoms with Gasteiger partial charge in [-0.1, -0.05) is 85.7 Å². The average molecular weight is 428 g/mol. The number of ether oxygens (including phenoxy) is 1. The van der Waals surface area contributed by atoms with Gasteiger partial charge >= 0.3 is 0 Å². The van der Waals surface area contributed by atoms with Gasteiger partial charge in [0.2, 0.25) is 0 Å². The molecule has 30 heavy (non-hydrogen) atoms. The van der Waals surface area contributed by atoms with Crippen LogP contribution in [0, 0.1) is 5.41 Å². The van der Waals surface area contributed by atoms with Crippen molar-refractivity contribution >= 4 is 23.1 Å². The second-order valence-corrected chi connectivity index (χ2v) is 11.3. The first-order chi connectivity index (χ1) is 13.7. The third kappa shape index (κ3) is 6.73. The summed E-state index contributed by atoms with van der Waals surface area (Å²) in [5, 5.41) is 14.4. The lowest BCUT2D eigenvalue weighted by molar-refractivity contribution is 0.173. The Balaban J connectivity index is 2.17. The molecule has 4 heteroatoms. The number of phenols is 1. The molecule has 2 N–H and O–H groups in total. The fourth-order valence-corrected chi connectivity index (χ4v) is 3.66. The molecular formula is C26H37NO2S. The van der Waals surface area contributed by atoms with Gasteiger partial charge in [-0.2, -0.15) is 0 Å². The Morgan fingerprint density at radius 3 is 1.87 bits per heavy atom. The van der Waals surface area contributed by atoms with E-state index in [0.29, 0.717) is 17.5 Å². The molecule has 0 fully saturated rings. The largest absolute Gasteiger partial charge is 0.507 e. The SMILES string of the molecule is CC(C)(COC(=S)Nc1ccccc1)Cc1cc(C(C)(C)C)c(O)c(C(C)(C)C)c1. The molecule has 0 aliphatic rings. The number of benzene rings is 2. The Hall–Kier alpha value is -2.07. The van der Waals surface area contributed by atoms with Crippen LogP contribution in [-0.2, 0) is 22.0 Å². The molecule has 0 saturated carbocycles. The molecule has 2 rings (SSSR count). The molecule has 0 spiro atoms. The fourth-order valence-electron chi connectivity index (χ4n) is 3.48. The van der Waals surface area contributed by atoms with Gasteiger partial charge in [-0.05, 0) is 58.3 Å². The molecule has 0 radical (unpaired) electrons. The first kappa shape index (κ1) is 24.2. The third-order valence-electron chi connectivity index (χ3n) is 5.08. The molecule has 0 bridgehead atoms. The van der Waals surface area contributed by atoms with Crippen LogP contribution in [-0.4, -0.2) is 16.9 Å². The number of phenolic OH excluding ortho intramolecular Hbond substituents is 1. The lowest BCUT2D eigenvalue weighted by Crippen LogP contribution is -2.27. The summed E-state index contributed by atoms with van der Waals surface area (Å²) in [6.45, 7) is 17.7. The van der Waals surface area contributed by atoms with Crippen LogP contribution in [0.4, 0.5) is 5.69 Å². The zero-order valence-electron chi connectivity index (χ0n) is 19.7. The van der Waals surface area contributed by atoms with Crippen LogP contribution in [0.1, 0.15) is 72.1 Å². The summed E-state index contributed by atoms with van der Waals surface area (Å²) in [5.41, 5.74) is 3.71. The highest BCUT2D eigenvalue weighted by atomic mass is 32.1. The monoisotopic (exact) mass is 427 g/mol. The second kappa shape index (κ2) is 8.97. The topological polar surface area (TPSA) is 41.5 Å². The number of nitrogens with one attached hydrogen (secondary N) is 1. The van der Waals surface area contributed by atoms with Crippen molar-refractivity contribution in [3.05, 3.63) is 59.2 Å². The van der Waals surface area contributed by atoms with Gasteiger partial charge in [-0.3, -0.25) is 0 Å². The molecule has 0 aliphatic carbocycles. The van der Waals surface area contributed by atoms with Gasteiger partial charge in [0, 0.05) is 11.1 Å². The van der Waals surface area contributed by atoms with Crippen LogP contribution in [0.3, 0.4) is 0 Å². The smallest absolute Gasteiger partial charge is 0.261 e. The number of anilines is 1. The molecule has 0 aromatic heterocycles.